The van der Waals surface area contributed by atoms with Gasteiger partial charge in [0, 0.05) is 45.5 Å². The zero-order chi connectivity index (χ0) is 22.1. The van der Waals surface area contributed by atoms with E-state index >= 15 is 0 Å². The van der Waals surface area contributed by atoms with E-state index in [1.165, 1.54) is 11.3 Å². The number of aliphatic imine (C=N–C) groups is 1. The normalized spacial score (nSPS) is 14.4. The molecule has 1 fully saturated rings. The summed E-state index contributed by atoms with van der Waals surface area (Å²) in [5, 5.41) is 6.41. The molecular formula is C24H33N5O2. The predicted octanol–water partition coefficient (Wildman–Crippen LogP) is 2.06. The second-order valence-electron chi connectivity index (χ2n) is 7.61. The van der Waals surface area contributed by atoms with Gasteiger partial charge in [-0.2, -0.15) is 0 Å². The average molecular weight is 424 g/mol. The SMILES string of the molecule is CN=C(NCCc1ccc(C)c(OC)c1)NCC(=O)N1CCN(c2ccccc2)CC1. The third-order valence-corrected chi connectivity index (χ3v) is 5.56. The molecule has 0 unspecified atom stereocenters. The molecule has 0 aliphatic carbocycles. The number of hydrogen-bond acceptors (Lipinski definition) is 4. The first-order valence-corrected chi connectivity index (χ1v) is 10.8. The van der Waals surface area contributed by atoms with Gasteiger partial charge >= 0.3 is 0 Å². The second-order valence-corrected chi connectivity index (χ2v) is 7.61. The fraction of sp³-hybridized carbons (Fsp3) is 0.417. The van der Waals surface area contributed by atoms with Crippen LogP contribution in [-0.2, 0) is 11.2 Å². The molecule has 2 N–H and O–H groups in total. The number of benzene rings is 2. The highest BCUT2D eigenvalue weighted by Gasteiger charge is 2.21. The molecule has 1 aliphatic heterocycles. The molecule has 0 atom stereocenters. The smallest absolute Gasteiger partial charge is 0.242 e. The number of hydrogen-bond donors (Lipinski definition) is 2. The number of methoxy groups -OCH3 is 1. The number of para-hydroxylation sites is 1. The summed E-state index contributed by atoms with van der Waals surface area (Å²) in [6.45, 7) is 6.16. The number of amides is 1. The highest BCUT2D eigenvalue weighted by molar-refractivity contribution is 5.86. The van der Waals surface area contributed by atoms with Gasteiger partial charge in [0.15, 0.2) is 5.96 Å². The summed E-state index contributed by atoms with van der Waals surface area (Å²) in [5.41, 5.74) is 3.53. The van der Waals surface area contributed by atoms with E-state index in [4.69, 9.17) is 4.74 Å². The lowest BCUT2D eigenvalue weighted by atomic mass is 10.1. The zero-order valence-corrected chi connectivity index (χ0v) is 18.7. The largest absolute Gasteiger partial charge is 0.496 e. The van der Waals surface area contributed by atoms with E-state index in [-0.39, 0.29) is 12.5 Å². The molecule has 0 bridgehead atoms. The van der Waals surface area contributed by atoms with E-state index in [2.05, 4.69) is 50.9 Å². The summed E-state index contributed by atoms with van der Waals surface area (Å²) in [4.78, 5) is 21.1. The van der Waals surface area contributed by atoms with E-state index < -0.39 is 0 Å². The van der Waals surface area contributed by atoms with Crippen LogP contribution in [0.4, 0.5) is 5.69 Å². The van der Waals surface area contributed by atoms with Gasteiger partial charge in [-0.1, -0.05) is 30.3 Å². The van der Waals surface area contributed by atoms with Gasteiger partial charge in [-0.05, 0) is 42.7 Å². The number of rotatable bonds is 7. The van der Waals surface area contributed by atoms with Gasteiger partial charge in [0.05, 0.1) is 13.7 Å². The van der Waals surface area contributed by atoms with Crippen molar-refractivity contribution in [1.82, 2.24) is 15.5 Å². The molecule has 0 spiro atoms. The molecule has 2 aromatic carbocycles. The molecule has 1 saturated heterocycles. The van der Waals surface area contributed by atoms with Crippen molar-refractivity contribution < 1.29 is 9.53 Å². The lowest BCUT2D eigenvalue weighted by molar-refractivity contribution is -0.130. The lowest BCUT2D eigenvalue weighted by Crippen LogP contribution is -2.52. The fourth-order valence-corrected chi connectivity index (χ4v) is 3.69. The van der Waals surface area contributed by atoms with Gasteiger partial charge in [-0.25, -0.2) is 0 Å². The van der Waals surface area contributed by atoms with Crippen molar-refractivity contribution in [3.8, 4) is 5.75 Å². The first-order chi connectivity index (χ1) is 15.1. The molecule has 0 radical (unpaired) electrons. The number of nitrogens with one attached hydrogen (secondary N) is 2. The van der Waals surface area contributed by atoms with Crippen LogP contribution in [0.1, 0.15) is 11.1 Å². The molecule has 1 aliphatic rings. The van der Waals surface area contributed by atoms with Crippen molar-refractivity contribution in [1.29, 1.82) is 0 Å². The van der Waals surface area contributed by atoms with Crippen LogP contribution < -0.4 is 20.3 Å². The van der Waals surface area contributed by atoms with Crippen LogP contribution in [-0.4, -0.2) is 70.2 Å². The number of anilines is 1. The van der Waals surface area contributed by atoms with Gasteiger partial charge in [-0.3, -0.25) is 9.79 Å². The number of carbonyl (C=O) groups excluding carboxylic acids is 1. The number of piperazine rings is 1. The van der Waals surface area contributed by atoms with Crippen molar-refractivity contribution in [2.75, 3.05) is 58.3 Å². The molecule has 7 heteroatoms. The number of ether oxygens (including phenoxy) is 1. The summed E-state index contributed by atoms with van der Waals surface area (Å²) in [6, 6.07) is 16.6. The molecule has 7 nitrogen and oxygen atoms in total. The van der Waals surface area contributed by atoms with E-state index in [1.807, 2.05) is 30.0 Å². The highest BCUT2D eigenvalue weighted by Crippen LogP contribution is 2.19. The maximum atomic E-state index is 12.6. The van der Waals surface area contributed by atoms with Crippen LogP contribution in [0.5, 0.6) is 5.75 Å². The van der Waals surface area contributed by atoms with Crippen LogP contribution >= 0.6 is 0 Å². The number of carbonyl (C=O) groups is 1. The standard InChI is InChI=1S/C24H33N5O2/c1-19-9-10-20(17-22(19)31-3)11-12-26-24(25-2)27-18-23(30)29-15-13-28(14-16-29)21-7-5-4-6-8-21/h4-10,17H,11-16,18H2,1-3H3,(H2,25,26,27). The van der Waals surface area contributed by atoms with E-state index in [9.17, 15) is 4.79 Å². The van der Waals surface area contributed by atoms with E-state index in [0.29, 0.717) is 5.96 Å². The molecule has 1 amide bonds. The minimum absolute atomic E-state index is 0.0962. The zero-order valence-electron chi connectivity index (χ0n) is 18.7. The summed E-state index contributed by atoms with van der Waals surface area (Å²) in [5.74, 6) is 1.63. The van der Waals surface area contributed by atoms with Gasteiger partial charge in [0.1, 0.15) is 5.75 Å². The first-order valence-electron chi connectivity index (χ1n) is 10.8. The molecule has 0 saturated carbocycles. The van der Waals surface area contributed by atoms with E-state index in [1.54, 1.807) is 14.2 Å². The third-order valence-electron chi connectivity index (χ3n) is 5.56. The Kier molecular flexibility index (Phi) is 8.15. The Balaban J connectivity index is 1.39. The first kappa shape index (κ1) is 22.5. The van der Waals surface area contributed by atoms with Crippen LogP contribution in [0.15, 0.2) is 53.5 Å². The molecule has 1 heterocycles. The minimum Gasteiger partial charge on any atom is -0.496 e. The van der Waals surface area contributed by atoms with Crippen molar-refractivity contribution in [2.24, 2.45) is 4.99 Å². The van der Waals surface area contributed by atoms with Gasteiger partial charge in [0.25, 0.3) is 0 Å². The third kappa shape index (κ3) is 6.38. The van der Waals surface area contributed by atoms with Crippen LogP contribution in [0.2, 0.25) is 0 Å². The summed E-state index contributed by atoms with van der Waals surface area (Å²) in [6.07, 6.45) is 0.840. The van der Waals surface area contributed by atoms with Gasteiger partial charge < -0.3 is 25.2 Å². The fourth-order valence-electron chi connectivity index (χ4n) is 3.69. The maximum absolute atomic E-state index is 12.6. The maximum Gasteiger partial charge on any atom is 0.242 e. The van der Waals surface area contributed by atoms with Crippen molar-refractivity contribution in [2.45, 2.75) is 13.3 Å². The Morgan fingerprint density at radius 1 is 1.06 bits per heavy atom. The topological polar surface area (TPSA) is 69.2 Å². The van der Waals surface area contributed by atoms with Crippen LogP contribution in [0.3, 0.4) is 0 Å². The molecule has 31 heavy (non-hydrogen) atoms. The summed E-state index contributed by atoms with van der Waals surface area (Å²) in [7, 11) is 3.40. The van der Waals surface area contributed by atoms with Crippen molar-refractivity contribution in [3.05, 3.63) is 59.7 Å². The molecule has 0 aromatic heterocycles. The summed E-state index contributed by atoms with van der Waals surface area (Å²) >= 11 is 0. The monoisotopic (exact) mass is 423 g/mol. The quantitative estimate of drug-likeness (QED) is 0.527. The second kappa shape index (κ2) is 11.2. The summed E-state index contributed by atoms with van der Waals surface area (Å²) < 4.78 is 5.39. The number of aryl methyl sites for hydroxylation is 1. The molecule has 166 valence electrons. The Labute approximate surface area is 185 Å². The minimum atomic E-state index is 0.0962. The molecule has 3 rings (SSSR count). The Hall–Kier alpha value is -3.22. The van der Waals surface area contributed by atoms with Crippen molar-refractivity contribution >= 4 is 17.6 Å². The molecule has 2 aromatic rings. The van der Waals surface area contributed by atoms with Gasteiger partial charge in [0.2, 0.25) is 5.91 Å². The lowest BCUT2D eigenvalue weighted by Gasteiger charge is -2.36. The highest BCUT2D eigenvalue weighted by atomic mass is 16.5. The van der Waals surface area contributed by atoms with Crippen LogP contribution in [0, 0.1) is 6.92 Å². The van der Waals surface area contributed by atoms with Gasteiger partial charge in [-0.15, -0.1) is 0 Å². The Bertz CT molecular complexity index is 877. The molecular weight excluding hydrogens is 390 g/mol. The van der Waals surface area contributed by atoms with Crippen molar-refractivity contribution in [3.63, 3.8) is 0 Å². The Morgan fingerprint density at radius 2 is 1.81 bits per heavy atom. The predicted molar refractivity (Wildman–Crippen MR) is 126 cm³/mol. The Morgan fingerprint density at radius 3 is 2.48 bits per heavy atom. The average Bonchev–Trinajstić information content (AvgIpc) is 2.82. The van der Waals surface area contributed by atoms with E-state index in [0.717, 1.165) is 50.5 Å². The number of guanidine groups is 1. The number of nitrogens with zero attached hydrogens (tertiary/aromatic N) is 3. The van der Waals surface area contributed by atoms with Crippen LogP contribution in [0.25, 0.3) is 0 Å².